The van der Waals surface area contributed by atoms with E-state index in [-0.39, 0.29) is 22.5 Å². The molecule has 0 aliphatic heterocycles. The largest absolute Gasteiger partial charge is 0.306 e. The van der Waals surface area contributed by atoms with Gasteiger partial charge in [-0.05, 0) is 13.0 Å². The van der Waals surface area contributed by atoms with Gasteiger partial charge in [-0.1, -0.05) is 24.3 Å². The van der Waals surface area contributed by atoms with Crippen LogP contribution in [0.1, 0.15) is 17.3 Å². The van der Waals surface area contributed by atoms with E-state index in [2.05, 4.69) is 9.97 Å². The first-order valence-corrected chi connectivity index (χ1v) is 6.46. The molecular formula is C16H10F2N2O2. The number of aromatic amines is 1. The maximum absolute atomic E-state index is 13.8. The van der Waals surface area contributed by atoms with Crippen LogP contribution >= 0.6 is 0 Å². The Bertz CT molecular complexity index is 947. The van der Waals surface area contributed by atoms with E-state index in [0.717, 1.165) is 6.07 Å². The number of H-pyrrole nitrogens is 1. The first kappa shape index (κ1) is 14.1. The summed E-state index contributed by atoms with van der Waals surface area (Å²) in [5, 5.41) is -0.151. The van der Waals surface area contributed by atoms with E-state index >= 15 is 0 Å². The molecule has 4 nitrogen and oxygen atoms in total. The Balaban J connectivity index is 2.20. The monoisotopic (exact) mass is 300 g/mol. The zero-order valence-electron chi connectivity index (χ0n) is 11.5. The summed E-state index contributed by atoms with van der Waals surface area (Å²) < 4.78 is 27.0. The number of nitrogens with zero attached hydrogens (tertiary/aromatic N) is 1. The number of fused-ring (bicyclic) bond motifs is 1. The van der Waals surface area contributed by atoms with Crippen LogP contribution in [0.15, 0.2) is 41.2 Å². The molecule has 3 rings (SSSR count). The van der Waals surface area contributed by atoms with Crippen molar-refractivity contribution in [1.82, 2.24) is 9.97 Å². The summed E-state index contributed by atoms with van der Waals surface area (Å²) in [5.74, 6) is -1.68. The number of hydrogen-bond donors (Lipinski definition) is 1. The third kappa shape index (κ3) is 2.39. The molecular weight excluding hydrogens is 290 g/mol. The minimum absolute atomic E-state index is 0.0898. The number of halogens is 2. The van der Waals surface area contributed by atoms with Gasteiger partial charge in [-0.15, -0.1) is 0 Å². The third-order valence-corrected chi connectivity index (χ3v) is 3.29. The number of Topliss-reactive ketones (excluding diaryl/α,β-unsaturated/α-hetero) is 1. The standard InChI is InChI=1S/C16H10F2N2O2/c1-8(21)9-2-4-10(5-3-9)15-19-14-12(16(22)20-15)6-11(17)7-13(14)18/h2-7H,1H3,(H,19,20,22). The summed E-state index contributed by atoms with van der Waals surface area (Å²) in [6.45, 7) is 1.44. The van der Waals surface area contributed by atoms with Gasteiger partial charge in [-0.3, -0.25) is 9.59 Å². The van der Waals surface area contributed by atoms with Crippen LogP contribution in [0, 0.1) is 11.6 Å². The SMILES string of the molecule is CC(=O)c1ccc(-c2nc3c(F)cc(F)cc3c(=O)[nH]2)cc1. The fourth-order valence-electron chi connectivity index (χ4n) is 2.17. The predicted octanol–water partition coefficient (Wildman–Crippen LogP) is 3.07. The third-order valence-electron chi connectivity index (χ3n) is 3.29. The Hall–Kier alpha value is -2.89. The van der Waals surface area contributed by atoms with Crippen molar-refractivity contribution in [2.45, 2.75) is 6.92 Å². The molecule has 0 amide bonds. The van der Waals surface area contributed by atoms with Gasteiger partial charge in [0.2, 0.25) is 0 Å². The van der Waals surface area contributed by atoms with E-state index in [1.165, 1.54) is 6.92 Å². The molecule has 0 unspecified atom stereocenters. The van der Waals surface area contributed by atoms with Crippen LogP contribution in [-0.2, 0) is 0 Å². The topological polar surface area (TPSA) is 62.8 Å². The molecule has 0 atom stereocenters. The summed E-state index contributed by atoms with van der Waals surface area (Å²) >= 11 is 0. The van der Waals surface area contributed by atoms with Crippen LogP contribution in [0.3, 0.4) is 0 Å². The number of rotatable bonds is 2. The molecule has 110 valence electrons. The van der Waals surface area contributed by atoms with Gasteiger partial charge in [0.25, 0.3) is 5.56 Å². The lowest BCUT2D eigenvalue weighted by molar-refractivity contribution is 0.101. The molecule has 0 saturated heterocycles. The number of hydrogen-bond acceptors (Lipinski definition) is 3. The van der Waals surface area contributed by atoms with E-state index in [0.29, 0.717) is 17.2 Å². The smallest absolute Gasteiger partial charge is 0.259 e. The second-order valence-corrected chi connectivity index (χ2v) is 4.83. The van der Waals surface area contributed by atoms with Crippen molar-refractivity contribution in [1.29, 1.82) is 0 Å². The fraction of sp³-hybridized carbons (Fsp3) is 0.0625. The first-order chi connectivity index (χ1) is 10.5. The highest BCUT2D eigenvalue weighted by Crippen LogP contribution is 2.19. The molecule has 6 heteroatoms. The van der Waals surface area contributed by atoms with E-state index in [9.17, 15) is 18.4 Å². The van der Waals surface area contributed by atoms with Gasteiger partial charge in [0.1, 0.15) is 17.2 Å². The van der Waals surface area contributed by atoms with Crippen LogP contribution in [0.25, 0.3) is 22.3 Å². The Morgan fingerprint density at radius 3 is 2.45 bits per heavy atom. The zero-order valence-corrected chi connectivity index (χ0v) is 11.5. The van der Waals surface area contributed by atoms with Crippen molar-refractivity contribution in [3.8, 4) is 11.4 Å². The van der Waals surface area contributed by atoms with Crippen molar-refractivity contribution in [2.24, 2.45) is 0 Å². The normalized spacial score (nSPS) is 10.9. The molecule has 0 bridgehead atoms. The minimum Gasteiger partial charge on any atom is -0.306 e. The van der Waals surface area contributed by atoms with E-state index < -0.39 is 17.2 Å². The number of nitrogens with one attached hydrogen (secondary N) is 1. The van der Waals surface area contributed by atoms with Crippen molar-refractivity contribution < 1.29 is 13.6 Å². The molecule has 2 aromatic carbocycles. The van der Waals surface area contributed by atoms with E-state index in [1.54, 1.807) is 24.3 Å². The Morgan fingerprint density at radius 2 is 1.82 bits per heavy atom. The molecule has 0 radical (unpaired) electrons. The van der Waals surface area contributed by atoms with Crippen LogP contribution in [0.5, 0.6) is 0 Å². The quantitative estimate of drug-likeness (QED) is 0.740. The molecule has 0 spiro atoms. The second kappa shape index (κ2) is 5.14. The number of aromatic nitrogens is 2. The van der Waals surface area contributed by atoms with Gasteiger partial charge in [0.05, 0.1) is 5.39 Å². The predicted molar refractivity (Wildman–Crippen MR) is 77.7 cm³/mol. The highest BCUT2D eigenvalue weighted by Gasteiger charge is 2.12. The molecule has 22 heavy (non-hydrogen) atoms. The highest BCUT2D eigenvalue weighted by molar-refractivity contribution is 5.94. The van der Waals surface area contributed by atoms with Gasteiger partial charge >= 0.3 is 0 Å². The van der Waals surface area contributed by atoms with Gasteiger partial charge in [0.15, 0.2) is 11.6 Å². The zero-order chi connectivity index (χ0) is 15.9. The lowest BCUT2D eigenvalue weighted by Crippen LogP contribution is -2.11. The number of benzene rings is 2. The molecule has 0 aliphatic carbocycles. The van der Waals surface area contributed by atoms with Crippen molar-refractivity contribution in [2.75, 3.05) is 0 Å². The number of carbonyl (C=O) groups excluding carboxylic acids is 1. The van der Waals surface area contributed by atoms with Crippen LogP contribution in [0.4, 0.5) is 8.78 Å². The molecule has 1 N–H and O–H groups in total. The summed E-state index contributed by atoms with van der Waals surface area (Å²) in [4.78, 5) is 29.7. The summed E-state index contributed by atoms with van der Waals surface area (Å²) in [5.41, 5.74) is 0.206. The molecule has 1 heterocycles. The molecule has 0 fully saturated rings. The van der Waals surface area contributed by atoms with Crippen LogP contribution in [-0.4, -0.2) is 15.8 Å². The van der Waals surface area contributed by atoms with Gasteiger partial charge < -0.3 is 4.98 Å². The summed E-state index contributed by atoms with van der Waals surface area (Å²) in [6.07, 6.45) is 0. The maximum atomic E-state index is 13.8. The van der Waals surface area contributed by atoms with E-state index in [4.69, 9.17) is 0 Å². The summed E-state index contributed by atoms with van der Waals surface area (Å²) in [6, 6.07) is 7.99. The molecule has 0 saturated carbocycles. The van der Waals surface area contributed by atoms with Gasteiger partial charge in [0, 0.05) is 17.2 Å². The molecule has 0 aliphatic rings. The maximum Gasteiger partial charge on any atom is 0.259 e. The summed E-state index contributed by atoms with van der Waals surface area (Å²) in [7, 11) is 0. The fourth-order valence-corrected chi connectivity index (χ4v) is 2.17. The van der Waals surface area contributed by atoms with Crippen molar-refractivity contribution in [3.63, 3.8) is 0 Å². The Morgan fingerprint density at radius 1 is 1.14 bits per heavy atom. The molecule has 1 aromatic heterocycles. The lowest BCUT2D eigenvalue weighted by atomic mass is 10.1. The first-order valence-electron chi connectivity index (χ1n) is 6.46. The number of carbonyl (C=O) groups is 1. The Kier molecular flexibility index (Phi) is 3.29. The van der Waals surface area contributed by atoms with E-state index in [1.807, 2.05) is 0 Å². The average molecular weight is 300 g/mol. The minimum atomic E-state index is -0.900. The molecule has 3 aromatic rings. The van der Waals surface area contributed by atoms with Crippen molar-refractivity contribution in [3.05, 3.63) is 63.9 Å². The highest BCUT2D eigenvalue weighted by atomic mass is 19.1. The van der Waals surface area contributed by atoms with Gasteiger partial charge in [-0.25, -0.2) is 13.8 Å². The number of ketones is 1. The van der Waals surface area contributed by atoms with Gasteiger partial charge in [-0.2, -0.15) is 0 Å². The Labute approximate surface area is 123 Å². The second-order valence-electron chi connectivity index (χ2n) is 4.83. The van der Waals surface area contributed by atoms with Crippen LogP contribution < -0.4 is 5.56 Å². The average Bonchev–Trinajstić information content (AvgIpc) is 2.48. The lowest BCUT2D eigenvalue weighted by Gasteiger charge is -2.05. The van der Waals surface area contributed by atoms with Crippen LogP contribution in [0.2, 0.25) is 0 Å². The van der Waals surface area contributed by atoms with Crippen molar-refractivity contribution >= 4 is 16.7 Å².